The average molecular weight is 247 g/mol. The highest BCUT2D eigenvalue weighted by molar-refractivity contribution is 5.75. The highest BCUT2D eigenvalue weighted by Gasteiger charge is 2.13. The van der Waals surface area contributed by atoms with Crippen molar-refractivity contribution < 1.29 is 4.74 Å². The smallest absolute Gasteiger partial charge is 0.126 e. The number of hydrogen-bond donors (Lipinski definition) is 1. The summed E-state index contributed by atoms with van der Waals surface area (Å²) in [6.45, 7) is 6.49. The Kier molecular flexibility index (Phi) is 4.33. The van der Waals surface area contributed by atoms with Crippen LogP contribution in [0.4, 0.5) is 0 Å². The molecule has 98 valence electrons. The lowest BCUT2D eigenvalue weighted by molar-refractivity contribution is 0.147. The van der Waals surface area contributed by atoms with E-state index in [2.05, 4.69) is 34.9 Å². The van der Waals surface area contributed by atoms with Gasteiger partial charge in [0.25, 0.3) is 0 Å². The van der Waals surface area contributed by atoms with Crippen LogP contribution in [0.3, 0.4) is 0 Å². The fourth-order valence-electron chi connectivity index (χ4n) is 2.13. The molecule has 0 radical (unpaired) electrons. The molecular weight excluding hydrogens is 226 g/mol. The highest BCUT2D eigenvalue weighted by Crippen LogP contribution is 2.18. The normalized spacial score (nSPS) is 13.1. The summed E-state index contributed by atoms with van der Waals surface area (Å²) in [7, 11) is 2.06. The van der Waals surface area contributed by atoms with Crippen molar-refractivity contribution in [3.05, 3.63) is 30.1 Å². The minimum Gasteiger partial charge on any atom is -0.380 e. The summed E-state index contributed by atoms with van der Waals surface area (Å²) in [5, 5.41) is 3.43. The van der Waals surface area contributed by atoms with Crippen LogP contribution in [-0.4, -0.2) is 29.3 Å². The number of fused-ring (bicyclic) bond motifs is 1. The summed E-state index contributed by atoms with van der Waals surface area (Å²) in [5.41, 5.74) is 2.22. The van der Waals surface area contributed by atoms with Gasteiger partial charge in [-0.3, -0.25) is 0 Å². The number of rotatable bonds is 6. The van der Waals surface area contributed by atoms with Gasteiger partial charge in [-0.15, -0.1) is 0 Å². The van der Waals surface area contributed by atoms with Crippen molar-refractivity contribution in [3.8, 4) is 0 Å². The second-order valence-corrected chi connectivity index (χ2v) is 4.39. The summed E-state index contributed by atoms with van der Waals surface area (Å²) in [6.07, 6.45) is 0. The maximum Gasteiger partial charge on any atom is 0.126 e. The molecule has 0 fully saturated rings. The lowest BCUT2D eigenvalue weighted by Gasteiger charge is -2.13. The molecule has 1 heterocycles. The zero-order valence-corrected chi connectivity index (χ0v) is 11.3. The summed E-state index contributed by atoms with van der Waals surface area (Å²) >= 11 is 0. The van der Waals surface area contributed by atoms with E-state index in [1.807, 2.05) is 25.1 Å². The van der Waals surface area contributed by atoms with Gasteiger partial charge in [0, 0.05) is 20.2 Å². The number of nitrogens with one attached hydrogen (secondary N) is 1. The Morgan fingerprint density at radius 2 is 2.17 bits per heavy atom. The Balaban J connectivity index is 2.08. The predicted octanol–water partition coefficient (Wildman–Crippen LogP) is 2.26. The number of para-hydroxylation sites is 2. The first-order valence-electron chi connectivity index (χ1n) is 6.46. The summed E-state index contributed by atoms with van der Waals surface area (Å²) in [4.78, 5) is 4.67. The van der Waals surface area contributed by atoms with E-state index >= 15 is 0 Å². The van der Waals surface area contributed by atoms with Crippen molar-refractivity contribution in [2.24, 2.45) is 7.05 Å². The van der Waals surface area contributed by atoms with Crippen LogP contribution in [0.25, 0.3) is 11.0 Å². The molecule has 2 aromatic rings. The van der Waals surface area contributed by atoms with Gasteiger partial charge >= 0.3 is 0 Å². The quantitative estimate of drug-likeness (QED) is 0.796. The molecule has 4 nitrogen and oxygen atoms in total. The van der Waals surface area contributed by atoms with Crippen LogP contribution in [0.2, 0.25) is 0 Å². The van der Waals surface area contributed by atoms with Crippen molar-refractivity contribution in [2.45, 2.75) is 19.9 Å². The van der Waals surface area contributed by atoms with E-state index in [1.54, 1.807) is 0 Å². The molecule has 4 heteroatoms. The Bertz CT molecular complexity index is 507. The highest BCUT2D eigenvalue weighted by atomic mass is 16.5. The molecule has 0 aliphatic heterocycles. The van der Waals surface area contributed by atoms with Crippen LogP contribution in [0.1, 0.15) is 25.7 Å². The molecule has 0 aliphatic carbocycles. The zero-order chi connectivity index (χ0) is 13.0. The fourth-order valence-corrected chi connectivity index (χ4v) is 2.13. The van der Waals surface area contributed by atoms with E-state index in [4.69, 9.17) is 4.74 Å². The third-order valence-corrected chi connectivity index (χ3v) is 3.11. The zero-order valence-electron chi connectivity index (χ0n) is 11.3. The Labute approximate surface area is 108 Å². The third-order valence-electron chi connectivity index (χ3n) is 3.11. The van der Waals surface area contributed by atoms with Gasteiger partial charge in [-0.2, -0.15) is 0 Å². The number of aromatic nitrogens is 2. The van der Waals surface area contributed by atoms with E-state index in [9.17, 15) is 0 Å². The van der Waals surface area contributed by atoms with Crippen LogP contribution < -0.4 is 5.32 Å². The maximum absolute atomic E-state index is 5.32. The molecular formula is C14H21N3O. The first-order valence-corrected chi connectivity index (χ1v) is 6.46. The topological polar surface area (TPSA) is 39.1 Å². The molecule has 0 amide bonds. The van der Waals surface area contributed by atoms with Crippen molar-refractivity contribution in [3.63, 3.8) is 0 Å². The third kappa shape index (κ3) is 2.71. The standard InChI is InChI=1S/C14H21N3O/c1-4-18-10-9-15-11(2)14-16-12-7-5-6-8-13(12)17(14)3/h5-8,11,15H,4,9-10H2,1-3H3. The minimum absolute atomic E-state index is 0.225. The first kappa shape index (κ1) is 13.1. The van der Waals surface area contributed by atoms with Gasteiger partial charge in [-0.25, -0.2) is 4.98 Å². The Morgan fingerprint density at radius 1 is 1.39 bits per heavy atom. The van der Waals surface area contributed by atoms with Gasteiger partial charge in [0.05, 0.1) is 23.7 Å². The van der Waals surface area contributed by atoms with E-state index in [-0.39, 0.29) is 6.04 Å². The molecule has 0 bridgehead atoms. The SMILES string of the molecule is CCOCCNC(C)c1nc2ccccc2n1C. The number of benzene rings is 1. The summed E-state index contributed by atoms with van der Waals surface area (Å²) < 4.78 is 7.47. The molecule has 18 heavy (non-hydrogen) atoms. The van der Waals surface area contributed by atoms with Crippen LogP contribution in [0.15, 0.2) is 24.3 Å². The molecule has 0 saturated carbocycles. The molecule has 1 aromatic heterocycles. The van der Waals surface area contributed by atoms with Crippen LogP contribution in [-0.2, 0) is 11.8 Å². The summed E-state index contributed by atoms with van der Waals surface area (Å²) in [5.74, 6) is 1.06. The van der Waals surface area contributed by atoms with Crippen LogP contribution in [0, 0.1) is 0 Å². The number of nitrogens with zero attached hydrogens (tertiary/aromatic N) is 2. The average Bonchev–Trinajstić information content (AvgIpc) is 2.73. The van der Waals surface area contributed by atoms with Crippen LogP contribution >= 0.6 is 0 Å². The van der Waals surface area contributed by atoms with Gasteiger partial charge in [-0.1, -0.05) is 12.1 Å². The van der Waals surface area contributed by atoms with Gasteiger partial charge in [-0.05, 0) is 26.0 Å². The van der Waals surface area contributed by atoms with Crippen molar-refractivity contribution in [2.75, 3.05) is 19.8 Å². The minimum atomic E-state index is 0.225. The molecule has 0 aliphatic rings. The molecule has 0 spiro atoms. The van der Waals surface area contributed by atoms with E-state index < -0.39 is 0 Å². The maximum atomic E-state index is 5.32. The second kappa shape index (κ2) is 5.98. The monoisotopic (exact) mass is 247 g/mol. The lowest BCUT2D eigenvalue weighted by Crippen LogP contribution is -2.25. The molecule has 2 rings (SSSR count). The number of ether oxygens (including phenoxy) is 1. The van der Waals surface area contributed by atoms with Crippen molar-refractivity contribution >= 4 is 11.0 Å². The van der Waals surface area contributed by atoms with Crippen LogP contribution in [0.5, 0.6) is 0 Å². The largest absolute Gasteiger partial charge is 0.380 e. The van der Waals surface area contributed by atoms with Gasteiger partial charge < -0.3 is 14.6 Å². The summed E-state index contributed by atoms with van der Waals surface area (Å²) in [6, 6.07) is 8.43. The lowest BCUT2D eigenvalue weighted by atomic mass is 10.3. The molecule has 1 unspecified atom stereocenters. The molecule has 1 N–H and O–H groups in total. The van der Waals surface area contributed by atoms with Gasteiger partial charge in [0.1, 0.15) is 5.82 Å². The van der Waals surface area contributed by atoms with E-state index in [1.165, 1.54) is 5.52 Å². The fraction of sp³-hybridized carbons (Fsp3) is 0.500. The molecule has 1 atom stereocenters. The van der Waals surface area contributed by atoms with E-state index in [0.717, 1.165) is 31.1 Å². The Hall–Kier alpha value is -1.39. The van der Waals surface area contributed by atoms with E-state index in [0.29, 0.717) is 0 Å². The molecule has 0 saturated heterocycles. The van der Waals surface area contributed by atoms with Gasteiger partial charge in [0.2, 0.25) is 0 Å². The number of hydrogen-bond acceptors (Lipinski definition) is 3. The number of imidazole rings is 1. The van der Waals surface area contributed by atoms with Crippen molar-refractivity contribution in [1.29, 1.82) is 0 Å². The number of aryl methyl sites for hydroxylation is 1. The predicted molar refractivity (Wildman–Crippen MR) is 73.6 cm³/mol. The molecule has 1 aromatic carbocycles. The van der Waals surface area contributed by atoms with Gasteiger partial charge in [0.15, 0.2) is 0 Å². The Morgan fingerprint density at radius 3 is 2.89 bits per heavy atom. The van der Waals surface area contributed by atoms with Crippen molar-refractivity contribution in [1.82, 2.24) is 14.9 Å². The second-order valence-electron chi connectivity index (χ2n) is 4.39. The first-order chi connectivity index (χ1) is 8.74.